The van der Waals surface area contributed by atoms with E-state index in [0.29, 0.717) is 12.2 Å². The first-order valence-corrected chi connectivity index (χ1v) is 10.2. The third kappa shape index (κ3) is 5.39. The van der Waals surface area contributed by atoms with E-state index < -0.39 is 13.7 Å². The predicted molar refractivity (Wildman–Crippen MR) is 114 cm³/mol. The Hall–Kier alpha value is -1.51. The molecule has 2 heterocycles. The van der Waals surface area contributed by atoms with Crippen molar-refractivity contribution in [2.24, 2.45) is 0 Å². The highest BCUT2D eigenvalue weighted by molar-refractivity contribution is 6.68. The number of hydrogen-bond donors (Lipinski definition) is 1. The molecule has 0 atom stereocenters. The summed E-state index contributed by atoms with van der Waals surface area (Å²) in [5.74, 6) is 0.738. The molecule has 0 fully saturated rings. The summed E-state index contributed by atoms with van der Waals surface area (Å²) < 4.78 is 44.5. The second-order valence-corrected chi connectivity index (χ2v) is 7.67. The zero-order valence-electron chi connectivity index (χ0n) is 16.5. The van der Waals surface area contributed by atoms with Gasteiger partial charge in [-0.2, -0.15) is 8.78 Å². The van der Waals surface area contributed by atoms with Crippen molar-refractivity contribution < 1.29 is 32.6 Å². The standard InChI is InChI=1S/C11H14BClO2.C8H6BClF2O3/c1-3-4-14-10-6-9(13)5-8-7-15-12(2)11(8)10;10-5-1-4-3-14-9(13)7(4)6(2-5)15-8(11)12/h5-6H,3-4,7H2,1-2H3;1-2,8,13H,3H2. The van der Waals surface area contributed by atoms with Crippen LogP contribution in [0.4, 0.5) is 8.78 Å². The summed E-state index contributed by atoms with van der Waals surface area (Å²) in [6.07, 6.45) is 0.997. The lowest BCUT2D eigenvalue weighted by atomic mass is 9.64. The van der Waals surface area contributed by atoms with Crippen LogP contribution in [0.3, 0.4) is 0 Å². The molecule has 0 spiro atoms. The largest absolute Gasteiger partial charge is 0.495 e. The van der Waals surface area contributed by atoms with Crippen LogP contribution in [0.15, 0.2) is 24.3 Å². The molecule has 11 heteroatoms. The molecule has 2 aromatic carbocycles. The minimum absolute atomic E-state index is 0.115. The van der Waals surface area contributed by atoms with Gasteiger partial charge in [-0.1, -0.05) is 36.9 Å². The van der Waals surface area contributed by atoms with Crippen LogP contribution in [0.2, 0.25) is 16.9 Å². The Labute approximate surface area is 184 Å². The lowest BCUT2D eigenvalue weighted by Crippen LogP contribution is -2.30. The van der Waals surface area contributed by atoms with E-state index in [-0.39, 0.29) is 29.8 Å². The summed E-state index contributed by atoms with van der Waals surface area (Å²) >= 11 is 11.7. The first-order valence-electron chi connectivity index (χ1n) is 9.43. The minimum atomic E-state index is -2.96. The molecule has 0 aliphatic carbocycles. The number of ether oxygens (including phenoxy) is 2. The molecule has 0 amide bonds. The van der Waals surface area contributed by atoms with Gasteiger partial charge >= 0.3 is 20.6 Å². The smallest absolute Gasteiger partial charge is 0.494 e. The van der Waals surface area contributed by atoms with Gasteiger partial charge in [0.05, 0.1) is 19.8 Å². The number of benzene rings is 2. The van der Waals surface area contributed by atoms with Crippen LogP contribution in [0.1, 0.15) is 24.5 Å². The van der Waals surface area contributed by atoms with Crippen LogP contribution in [0.25, 0.3) is 0 Å². The van der Waals surface area contributed by atoms with Crippen molar-refractivity contribution in [3.63, 3.8) is 0 Å². The highest BCUT2D eigenvalue weighted by atomic mass is 35.5. The van der Waals surface area contributed by atoms with Gasteiger partial charge in [0.25, 0.3) is 0 Å². The van der Waals surface area contributed by atoms with Gasteiger partial charge in [0.1, 0.15) is 11.5 Å². The minimum Gasteiger partial charge on any atom is -0.494 e. The average Bonchev–Trinajstić information content (AvgIpc) is 3.22. The highest BCUT2D eigenvalue weighted by Gasteiger charge is 2.32. The Morgan fingerprint density at radius 2 is 1.63 bits per heavy atom. The second kappa shape index (κ2) is 10.2. The van der Waals surface area contributed by atoms with Gasteiger partial charge in [0.2, 0.25) is 0 Å². The van der Waals surface area contributed by atoms with Gasteiger partial charge in [-0.25, -0.2) is 0 Å². The molecule has 2 aliphatic rings. The molecule has 2 aliphatic heterocycles. The average molecular weight is 459 g/mol. The lowest BCUT2D eigenvalue weighted by molar-refractivity contribution is -0.0492. The van der Waals surface area contributed by atoms with Gasteiger partial charge in [-0.3, -0.25) is 0 Å². The fraction of sp³-hybridized carbons (Fsp3) is 0.368. The van der Waals surface area contributed by atoms with Crippen LogP contribution in [0, 0.1) is 0 Å². The molecule has 1 N–H and O–H groups in total. The summed E-state index contributed by atoms with van der Waals surface area (Å²) in [4.78, 5) is 0. The maximum absolute atomic E-state index is 12.1. The van der Waals surface area contributed by atoms with E-state index in [0.717, 1.165) is 34.8 Å². The number of halogens is 4. The van der Waals surface area contributed by atoms with Gasteiger partial charge in [-0.05, 0) is 47.3 Å². The van der Waals surface area contributed by atoms with Crippen molar-refractivity contribution >= 4 is 48.2 Å². The molecule has 2 aromatic rings. The SMILES string of the molecule is CCCOc1cc(Cl)cc2c1B(C)OC2.OB1OCc2cc(Cl)cc(OC(F)F)c21. The van der Waals surface area contributed by atoms with E-state index in [1.807, 2.05) is 19.0 Å². The Bertz CT molecular complexity index is 904. The van der Waals surface area contributed by atoms with Gasteiger partial charge in [-0.15, -0.1) is 0 Å². The molecule has 160 valence electrons. The maximum atomic E-state index is 12.1. The van der Waals surface area contributed by atoms with Crippen molar-refractivity contribution in [1.29, 1.82) is 0 Å². The quantitative estimate of drug-likeness (QED) is 0.693. The van der Waals surface area contributed by atoms with Crippen LogP contribution >= 0.6 is 23.2 Å². The summed E-state index contributed by atoms with van der Waals surface area (Å²) in [6.45, 7) is 2.78. The van der Waals surface area contributed by atoms with Gasteiger partial charge < -0.3 is 23.8 Å². The fourth-order valence-electron chi connectivity index (χ4n) is 3.35. The normalized spacial score (nSPS) is 14.4. The molecular formula is C19H20B2Cl2F2O5. The molecule has 0 radical (unpaired) electrons. The fourth-order valence-corrected chi connectivity index (χ4v) is 3.81. The van der Waals surface area contributed by atoms with Crippen LogP contribution in [0.5, 0.6) is 11.5 Å². The molecule has 0 saturated carbocycles. The van der Waals surface area contributed by atoms with E-state index in [1.165, 1.54) is 6.07 Å². The monoisotopic (exact) mass is 458 g/mol. The maximum Gasteiger partial charge on any atom is 0.495 e. The molecule has 0 unspecified atom stereocenters. The Morgan fingerprint density at radius 1 is 1.03 bits per heavy atom. The van der Waals surface area contributed by atoms with Crippen molar-refractivity contribution in [3.05, 3.63) is 45.4 Å². The van der Waals surface area contributed by atoms with E-state index >= 15 is 0 Å². The number of fused-ring (bicyclic) bond motifs is 2. The zero-order valence-corrected chi connectivity index (χ0v) is 18.0. The van der Waals surface area contributed by atoms with Crippen LogP contribution in [-0.2, 0) is 22.5 Å². The molecule has 0 bridgehead atoms. The van der Waals surface area contributed by atoms with Gasteiger partial charge in [0, 0.05) is 15.5 Å². The Kier molecular flexibility index (Phi) is 7.87. The van der Waals surface area contributed by atoms with Crippen molar-refractivity contribution in [1.82, 2.24) is 0 Å². The van der Waals surface area contributed by atoms with E-state index in [2.05, 4.69) is 11.7 Å². The summed E-state index contributed by atoms with van der Waals surface area (Å²) in [6, 6.07) is 6.61. The lowest BCUT2D eigenvalue weighted by Gasteiger charge is -2.11. The summed E-state index contributed by atoms with van der Waals surface area (Å²) in [7, 11) is -1.23. The first kappa shape index (κ1) is 23.2. The highest BCUT2D eigenvalue weighted by Crippen LogP contribution is 2.26. The molecule has 0 aromatic heterocycles. The van der Waals surface area contributed by atoms with Gasteiger partial charge in [0.15, 0.2) is 0 Å². The van der Waals surface area contributed by atoms with E-state index in [9.17, 15) is 13.8 Å². The topological polar surface area (TPSA) is 57.2 Å². The third-order valence-electron chi connectivity index (χ3n) is 4.60. The third-order valence-corrected chi connectivity index (χ3v) is 5.04. The van der Waals surface area contributed by atoms with E-state index in [4.69, 9.17) is 37.2 Å². The van der Waals surface area contributed by atoms with Crippen molar-refractivity contribution in [2.75, 3.05) is 6.61 Å². The van der Waals surface area contributed by atoms with E-state index in [1.54, 1.807) is 6.07 Å². The summed E-state index contributed by atoms with van der Waals surface area (Å²) in [5, 5.41) is 10.4. The number of hydrogen-bond acceptors (Lipinski definition) is 5. The first-order chi connectivity index (χ1) is 14.3. The summed E-state index contributed by atoms with van der Waals surface area (Å²) in [5.41, 5.74) is 3.10. The second-order valence-electron chi connectivity index (χ2n) is 6.80. The van der Waals surface area contributed by atoms with Crippen LogP contribution in [-0.4, -0.2) is 32.3 Å². The Balaban J connectivity index is 0.000000171. The molecule has 0 saturated heterocycles. The van der Waals surface area contributed by atoms with Crippen molar-refractivity contribution in [2.45, 2.75) is 40.0 Å². The molecule has 5 nitrogen and oxygen atoms in total. The molecular weight excluding hydrogens is 439 g/mol. The molecule has 4 rings (SSSR count). The van der Waals surface area contributed by atoms with Crippen molar-refractivity contribution in [3.8, 4) is 11.5 Å². The predicted octanol–water partition coefficient (Wildman–Crippen LogP) is 3.65. The number of alkyl halides is 2. The Morgan fingerprint density at radius 3 is 2.27 bits per heavy atom. The zero-order chi connectivity index (χ0) is 21.8. The number of rotatable bonds is 5. The van der Waals surface area contributed by atoms with Crippen LogP contribution < -0.4 is 20.4 Å². The molecule has 30 heavy (non-hydrogen) atoms.